The first kappa shape index (κ1) is 23.4. The van der Waals surface area contributed by atoms with E-state index in [1.54, 1.807) is 6.07 Å². The Labute approximate surface area is 182 Å². The fourth-order valence-corrected chi connectivity index (χ4v) is 2.71. The van der Waals surface area contributed by atoms with Crippen molar-refractivity contribution in [3.8, 4) is 12.1 Å². The summed E-state index contributed by atoms with van der Waals surface area (Å²) in [7, 11) is 1.31. The van der Waals surface area contributed by atoms with Crippen LogP contribution in [0.4, 0.5) is 38.1 Å². The van der Waals surface area contributed by atoms with Crippen molar-refractivity contribution in [3.05, 3.63) is 59.2 Å². The molecule has 14 heteroatoms. The number of rotatable bonds is 6. The highest BCUT2D eigenvalue weighted by atomic mass is 19.4. The lowest BCUT2D eigenvalue weighted by Gasteiger charge is -2.22. The van der Waals surface area contributed by atoms with Crippen molar-refractivity contribution in [1.29, 1.82) is 5.26 Å². The maximum atomic E-state index is 13.2. The SMILES string of the molecule is COc1ncc(N(Cc2cc(C(F)(F)F)n[nH]2)C(=O)Nc2ccc(C#N)c(C(F)F)c2)cn1. The molecule has 0 aliphatic heterocycles. The minimum Gasteiger partial charge on any atom is -0.467 e. The molecule has 0 saturated heterocycles. The third-order valence-corrected chi connectivity index (χ3v) is 4.26. The van der Waals surface area contributed by atoms with Crippen molar-refractivity contribution in [1.82, 2.24) is 20.2 Å². The lowest BCUT2D eigenvalue weighted by atomic mass is 10.1. The van der Waals surface area contributed by atoms with Crippen molar-refractivity contribution in [2.45, 2.75) is 19.1 Å². The number of benzene rings is 1. The lowest BCUT2D eigenvalue weighted by Crippen LogP contribution is -2.35. The smallest absolute Gasteiger partial charge is 0.435 e. The number of halogens is 5. The monoisotopic (exact) mass is 467 g/mol. The van der Waals surface area contributed by atoms with Crippen molar-refractivity contribution in [2.75, 3.05) is 17.3 Å². The number of nitrogens with one attached hydrogen (secondary N) is 2. The van der Waals surface area contributed by atoms with Gasteiger partial charge in [-0.3, -0.25) is 10.00 Å². The van der Waals surface area contributed by atoms with E-state index in [9.17, 15) is 26.7 Å². The summed E-state index contributed by atoms with van der Waals surface area (Å²) in [5.41, 5.74) is -2.09. The zero-order valence-electron chi connectivity index (χ0n) is 16.7. The molecule has 0 atom stereocenters. The number of aromatic amines is 1. The number of nitriles is 1. The first-order chi connectivity index (χ1) is 15.6. The summed E-state index contributed by atoms with van der Waals surface area (Å²) in [5, 5.41) is 16.7. The number of carbonyl (C=O) groups is 1. The maximum Gasteiger partial charge on any atom is 0.435 e. The van der Waals surface area contributed by atoms with Crippen LogP contribution in [0, 0.1) is 11.3 Å². The number of alkyl halides is 5. The van der Waals surface area contributed by atoms with Gasteiger partial charge >= 0.3 is 18.2 Å². The highest BCUT2D eigenvalue weighted by Gasteiger charge is 2.34. The zero-order valence-corrected chi connectivity index (χ0v) is 16.7. The van der Waals surface area contributed by atoms with Crippen molar-refractivity contribution < 1.29 is 31.5 Å². The minimum absolute atomic E-state index is 0.0197. The van der Waals surface area contributed by atoms with E-state index in [0.717, 1.165) is 23.1 Å². The Hall–Kier alpha value is -4.28. The van der Waals surface area contributed by atoms with E-state index in [0.29, 0.717) is 0 Å². The van der Waals surface area contributed by atoms with E-state index < -0.39 is 36.4 Å². The van der Waals surface area contributed by atoms with Crippen LogP contribution in [0.3, 0.4) is 0 Å². The molecule has 0 radical (unpaired) electrons. The fourth-order valence-electron chi connectivity index (χ4n) is 2.71. The van der Waals surface area contributed by atoms with E-state index in [1.807, 2.05) is 0 Å². The number of aromatic nitrogens is 4. The van der Waals surface area contributed by atoms with Crippen LogP contribution in [0.15, 0.2) is 36.7 Å². The third kappa shape index (κ3) is 5.50. The predicted octanol–water partition coefficient (Wildman–Crippen LogP) is 4.28. The number of H-pyrrole nitrogens is 1. The minimum atomic E-state index is -4.70. The van der Waals surface area contributed by atoms with Gasteiger partial charge in [0.05, 0.1) is 49.1 Å². The third-order valence-electron chi connectivity index (χ3n) is 4.26. The second-order valence-electron chi connectivity index (χ2n) is 6.43. The molecule has 2 amide bonds. The second-order valence-corrected chi connectivity index (χ2v) is 6.43. The fraction of sp³-hybridized carbons (Fsp3) is 0.211. The average molecular weight is 467 g/mol. The van der Waals surface area contributed by atoms with Crippen LogP contribution in [0.2, 0.25) is 0 Å². The van der Waals surface area contributed by atoms with E-state index >= 15 is 0 Å². The van der Waals surface area contributed by atoms with E-state index in [4.69, 9.17) is 10.00 Å². The summed E-state index contributed by atoms with van der Waals surface area (Å²) in [6.07, 6.45) is -5.28. The van der Waals surface area contributed by atoms with Gasteiger partial charge in [0.1, 0.15) is 0 Å². The quantitative estimate of drug-likeness (QED) is 0.523. The Balaban J connectivity index is 1.91. The van der Waals surface area contributed by atoms with Crippen LogP contribution < -0.4 is 15.0 Å². The first-order valence-electron chi connectivity index (χ1n) is 9.00. The number of methoxy groups -OCH3 is 1. The van der Waals surface area contributed by atoms with Gasteiger partial charge in [0, 0.05) is 11.3 Å². The molecule has 0 fully saturated rings. The Morgan fingerprint density at radius 3 is 2.52 bits per heavy atom. The Kier molecular flexibility index (Phi) is 6.71. The van der Waals surface area contributed by atoms with Crippen molar-refractivity contribution in [2.24, 2.45) is 0 Å². The highest BCUT2D eigenvalue weighted by molar-refractivity contribution is 6.01. The maximum absolute atomic E-state index is 13.2. The van der Waals surface area contributed by atoms with Gasteiger partial charge < -0.3 is 10.1 Å². The Morgan fingerprint density at radius 1 is 1.27 bits per heavy atom. The van der Waals surface area contributed by atoms with Gasteiger partial charge in [-0.15, -0.1) is 0 Å². The topological polar surface area (TPSA) is 120 Å². The van der Waals surface area contributed by atoms with Crippen LogP contribution in [0.5, 0.6) is 6.01 Å². The molecule has 9 nitrogen and oxygen atoms in total. The summed E-state index contributed by atoms with van der Waals surface area (Å²) in [4.78, 5) is 21.6. The molecule has 172 valence electrons. The Bertz CT molecular complexity index is 1170. The molecule has 2 N–H and O–H groups in total. The normalized spacial score (nSPS) is 11.2. The van der Waals surface area contributed by atoms with E-state index in [1.165, 1.54) is 25.6 Å². The number of nitrogens with zero attached hydrogens (tertiary/aromatic N) is 5. The van der Waals surface area contributed by atoms with Gasteiger partial charge in [-0.25, -0.2) is 23.5 Å². The molecule has 0 bridgehead atoms. The largest absolute Gasteiger partial charge is 0.467 e. The molecule has 0 aliphatic carbocycles. The van der Waals surface area contributed by atoms with Gasteiger partial charge in [0.15, 0.2) is 5.69 Å². The summed E-state index contributed by atoms with van der Waals surface area (Å²) < 4.78 is 69.8. The second kappa shape index (κ2) is 9.47. The molecule has 2 aromatic heterocycles. The summed E-state index contributed by atoms with van der Waals surface area (Å²) in [5.74, 6) is 0. The van der Waals surface area contributed by atoms with Crippen LogP contribution in [-0.4, -0.2) is 33.3 Å². The van der Waals surface area contributed by atoms with Gasteiger partial charge in [0.25, 0.3) is 6.43 Å². The molecular weight excluding hydrogens is 453 g/mol. The molecule has 3 rings (SSSR count). The molecule has 0 spiro atoms. The molecule has 2 heterocycles. The molecule has 33 heavy (non-hydrogen) atoms. The molecule has 1 aromatic carbocycles. The first-order valence-corrected chi connectivity index (χ1v) is 9.00. The van der Waals surface area contributed by atoms with Crippen molar-refractivity contribution >= 4 is 17.4 Å². The molecule has 0 unspecified atom stereocenters. The summed E-state index contributed by atoms with van der Waals surface area (Å²) >= 11 is 0. The van der Waals surface area contributed by atoms with Crippen molar-refractivity contribution in [3.63, 3.8) is 0 Å². The number of amides is 2. The lowest BCUT2D eigenvalue weighted by molar-refractivity contribution is -0.141. The van der Waals surface area contributed by atoms with Gasteiger partial charge in [-0.05, 0) is 24.3 Å². The molecule has 3 aromatic rings. The van der Waals surface area contributed by atoms with Crippen LogP contribution >= 0.6 is 0 Å². The molecule has 0 aliphatic rings. The summed E-state index contributed by atoms with van der Waals surface area (Å²) in [6.45, 7) is -0.414. The number of ether oxygens (including phenoxy) is 1. The average Bonchev–Trinajstić information content (AvgIpc) is 3.27. The predicted molar refractivity (Wildman–Crippen MR) is 103 cm³/mol. The van der Waals surface area contributed by atoms with Gasteiger partial charge in [-0.2, -0.15) is 23.5 Å². The standard InChI is InChI=1S/C19H14F5N7O2/c1-33-17-26-7-13(8-27-17)31(9-12-5-15(30-29-12)19(22,23)24)18(32)28-11-3-2-10(6-25)14(4-11)16(20)21/h2-5,7-8,16H,9H2,1H3,(H,28,32)(H,29,30). The molecule has 0 saturated carbocycles. The van der Waals surface area contributed by atoms with E-state index in [2.05, 4.69) is 25.5 Å². The number of anilines is 2. The van der Waals surface area contributed by atoms with Gasteiger partial charge in [0.2, 0.25) is 0 Å². The summed E-state index contributed by atoms with van der Waals surface area (Å²) in [6, 6.07) is 4.73. The molecular formula is C19H14F5N7O2. The Morgan fingerprint density at radius 2 is 1.97 bits per heavy atom. The van der Waals surface area contributed by atoms with E-state index in [-0.39, 0.29) is 28.6 Å². The number of carbonyl (C=O) groups excluding carboxylic acids is 1. The number of urea groups is 1. The number of hydrogen-bond acceptors (Lipinski definition) is 6. The van der Waals surface area contributed by atoms with Crippen LogP contribution in [-0.2, 0) is 12.7 Å². The van der Waals surface area contributed by atoms with Gasteiger partial charge in [-0.1, -0.05) is 0 Å². The highest BCUT2D eigenvalue weighted by Crippen LogP contribution is 2.29. The van der Waals surface area contributed by atoms with Crippen LogP contribution in [0.1, 0.15) is 28.9 Å². The van der Waals surface area contributed by atoms with Crippen LogP contribution in [0.25, 0.3) is 0 Å². The number of hydrogen-bond donors (Lipinski definition) is 2. The zero-order chi connectivity index (χ0) is 24.2.